The van der Waals surface area contributed by atoms with Gasteiger partial charge in [-0.05, 0) is 23.1 Å². The molecule has 0 fully saturated rings. The second-order valence-electron chi connectivity index (χ2n) is 5.99. The molecule has 122 valence electrons. The van der Waals surface area contributed by atoms with E-state index in [0.717, 1.165) is 12.1 Å². The Labute approximate surface area is 143 Å². The number of nitrogens with one attached hydrogen (secondary N) is 1. The zero-order chi connectivity index (χ0) is 16.6. The van der Waals surface area contributed by atoms with Crippen LogP contribution >= 0.6 is 0 Å². The molecule has 0 saturated carbocycles. The maximum absolute atomic E-state index is 10.6. The summed E-state index contributed by atoms with van der Waals surface area (Å²) < 4.78 is 0. The minimum absolute atomic E-state index is 0.0987. The fraction of sp³-hybridized carbons (Fsp3) is 0.182. The van der Waals surface area contributed by atoms with Crippen LogP contribution in [0.15, 0.2) is 91.0 Å². The van der Waals surface area contributed by atoms with Crippen molar-refractivity contribution in [1.82, 2.24) is 5.32 Å². The molecule has 0 saturated heterocycles. The average molecular weight is 317 g/mol. The van der Waals surface area contributed by atoms with Crippen molar-refractivity contribution in [3.63, 3.8) is 0 Å². The number of hydrogen-bond donors (Lipinski definition) is 2. The SMILES string of the molecule is O[C@H](C[C@H](NCc1ccccc1)c1ccccc1)c1ccccc1. The zero-order valence-electron chi connectivity index (χ0n) is 13.7. The third kappa shape index (κ3) is 4.54. The van der Waals surface area contributed by atoms with Gasteiger partial charge >= 0.3 is 0 Å². The Balaban J connectivity index is 1.72. The highest BCUT2D eigenvalue weighted by Crippen LogP contribution is 2.26. The van der Waals surface area contributed by atoms with Crippen LogP contribution in [0, 0.1) is 0 Å². The number of aliphatic hydroxyl groups is 1. The lowest BCUT2D eigenvalue weighted by molar-refractivity contribution is 0.151. The maximum Gasteiger partial charge on any atom is 0.0808 e. The first-order valence-corrected chi connectivity index (χ1v) is 8.38. The van der Waals surface area contributed by atoms with E-state index in [2.05, 4.69) is 29.6 Å². The molecule has 2 N–H and O–H groups in total. The first-order chi connectivity index (χ1) is 11.8. The predicted molar refractivity (Wildman–Crippen MR) is 98.5 cm³/mol. The van der Waals surface area contributed by atoms with Crippen LogP contribution < -0.4 is 5.32 Å². The molecule has 0 unspecified atom stereocenters. The predicted octanol–water partition coefficient (Wildman–Crippen LogP) is 4.64. The number of rotatable bonds is 7. The quantitative estimate of drug-likeness (QED) is 0.665. The Morgan fingerprint density at radius 3 is 1.75 bits per heavy atom. The van der Waals surface area contributed by atoms with Gasteiger partial charge in [-0.25, -0.2) is 0 Å². The first-order valence-electron chi connectivity index (χ1n) is 8.38. The molecule has 0 aliphatic heterocycles. The largest absolute Gasteiger partial charge is 0.388 e. The molecule has 0 aromatic heterocycles. The molecule has 0 spiro atoms. The van der Waals surface area contributed by atoms with Crippen LogP contribution in [-0.2, 0) is 6.54 Å². The summed E-state index contributed by atoms with van der Waals surface area (Å²) >= 11 is 0. The summed E-state index contributed by atoms with van der Waals surface area (Å²) in [5.41, 5.74) is 3.40. The van der Waals surface area contributed by atoms with E-state index in [1.807, 2.05) is 66.7 Å². The number of benzene rings is 3. The fourth-order valence-corrected chi connectivity index (χ4v) is 2.89. The van der Waals surface area contributed by atoms with Crippen molar-refractivity contribution < 1.29 is 5.11 Å². The van der Waals surface area contributed by atoms with Crippen LogP contribution in [0.25, 0.3) is 0 Å². The van der Waals surface area contributed by atoms with Crippen molar-refractivity contribution in [3.8, 4) is 0 Å². The van der Waals surface area contributed by atoms with Crippen LogP contribution in [0.4, 0.5) is 0 Å². The molecule has 0 bridgehead atoms. The molecule has 0 aliphatic rings. The molecule has 0 amide bonds. The van der Waals surface area contributed by atoms with Crippen LogP contribution in [0.3, 0.4) is 0 Å². The molecule has 0 heterocycles. The minimum Gasteiger partial charge on any atom is -0.388 e. The van der Waals surface area contributed by atoms with Gasteiger partial charge in [0, 0.05) is 12.6 Å². The van der Waals surface area contributed by atoms with Gasteiger partial charge in [0.2, 0.25) is 0 Å². The van der Waals surface area contributed by atoms with Crippen LogP contribution in [0.5, 0.6) is 0 Å². The van der Waals surface area contributed by atoms with Gasteiger partial charge in [-0.15, -0.1) is 0 Å². The second kappa shape index (κ2) is 8.44. The summed E-state index contributed by atoms with van der Waals surface area (Å²) in [7, 11) is 0. The Hall–Kier alpha value is -2.42. The third-order valence-electron chi connectivity index (χ3n) is 4.24. The lowest BCUT2D eigenvalue weighted by atomic mass is 9.96. The van der Waals surface area contributed by atoms with E-state index in [4.69, 9.17) is 0 Å². The molecule has 3 rings (SSSR count). The molecule has 2 nitrogen and oxygen atoms in total. The van der Waals surface area contributed by atoms with Crippen LogP contribution in [0.2, 0.25) is 0 Å². The van der Waals surface area contributed by atoms with Gasteiger partial charge < -0.3 is 10.4 Å². The molecule has 3 aromatic rings. The molecular weight excluding hydrogens is 294 g/mol. The summed E-state index contributed by atoms with van der Waals surface area (Å²) in [5, 5.41) is 14.2. The lowest BCUT2D eigenvalue weighted by Crippen LogP contribution is -2.23. The summed E-state index contributed by atoms with van der Waals surface area (Å²) in [6.45, 7) is 0.780. The van der Waals surface area contributed by atoms with Gasteiger partial charge in [-0.3, -0.25) is 0 Å². The lowest BCUT2D eigenvalue weighted by Gasteiger charge is -2.23. The van der Waals surface area contributed by atoms with Gasteiger partial charge in [0.15, 0.2) is 0 Å². The van der Waals surface area contributed by atoms with Crippen molar-refractivity contribution in [1.29, 1.82) is 0 Å². The van der Waals surface area contributed by atoms with E-state index in [0.29, 0.717) is 6.42 Å². The van der Waals surface area contributed by atoms with Gasteiger partial charge in [0.05, 0.1) is 6.10 Å². The molecule has 0 radical (unpaired) electrons. The Morgan fingerprint density at radius 1 is 0.667 bits per heavy atom. The van der Waals surface area contributed by atoms with Crippen LogP contribution in [0.1, 0.15) is 35.3 Å². The fourth-order valence-electron chi connectivity index (χ4n) is 2.89. The van der Waals surface area contributed by atoms with E-state index >= 15 is 0 Å². The van der Waals surface area contributed by atoms with Crippen molar-refractivity contribution >= 4 is 0 Å². The number of hydrogen-bond acceptors (Lipinski definition) is 2. The first kappa shape index (κ1) is 16.4. The zero-order valence-corrected chi connectivity index (χ0v) is 13.7. The van der Waals surface area contributed by atoms with Crippen LogP contribution in [-0.4, -0.2) is 5.11 Å². The van der Waals surface area contributed by atoms with E-state index in [1.165, 1.54) is 11.1 Å². The van der Waals surface area contributed by atoms with E-state index in [1.54, 1.807) is 0 Å². The van der Waals surface area contributed by atoms with Gasteiger partial charge in [-0.2, -0.15) is 0 Å². The van der Waals surface area contributed by atoms with Crippen molar-refractivity contribution in [2.24, 2.45) is 0 Å². The highest BCUT2D eigenvalue weighted by atomic mass is 16.3. The summed E-state index contributed by atoms with van der Waals surface area (Å²) in [5.74, 6) is 0. The number of aliphatic hydroxyl groups excluding tert-OH is 1. The second-order valence-corrected chi connectivity index (χ2v) is 5.99. The maximum atomic E-state index is 10.6. The highest BCUT2D eigenvalue weighted by molar-refractivity contribution is 5.23. The molecular formula is C22H23NO. The standard InChI is InChI=1S/C22H23NO/c24-22(20-14-8-3-9-15-20)16-21(19-12-6-2-7-13-19)23-17-18-10-4-1-5-11-18/h1-15,21-24H,16-17H2/t21-,22+/m0/s1. The van der Waals surface area contributed by atoms with E-state index < -0.39 is 6.10 Å². The Kier molecular flexibility index (Phi) is 5.78. The normalized spacial score (nSPS) is 13.4. The average Bonchev–Trinajstić information content (AvgIpc) is 2.67. The van der Waals surface area contributed by atoms with Crippen molar-refractivity contribution in [3.05, 3.63) is 108 Å². The van der Waals surface area contributed by atoms with E-state index in [-0.39, 0.29) is 6.04 Å². The van der Waals surface area contributed by atoms with E-state index in [9.17, 15) is 5.11 Å². The topological polar surface area (TPSA) is 32.3 Å². The Morgan fingerprint density at radius 2 is 1.17 bits per heavy atom. The molecule has 24 heavy (non-hydrogen) atoms. The van der Waals surface area contributed by atoms with Crippen molar-refractivity contribution in [2.75, 3.05) is 0 Å². The molecule has 0 aliphatic carbocycles. The van der Waals surface area contributed by atoms with Gasteiger partial charge in [-0.1, -0.05) is 91.0 Å². The summed E-state index contributed by atoms with van der Waals surface area (Å²) in [4.78, 5) is 0. The summed E-state index contributed by atoms with van der Waals surface area (Å²) in [6, 6.07) is 30.6. The van der Waals surface area contributed by atoms with Gasteiger partial charge in [0.25, 0.3) is 0 Å². The molecule has 2 heteroatoms. The molecule has 3 aromatic carbocycles. The molecule has 2 atom stereocenters. The monoisotopic (exact) mass is 317 g/mol. The summed E-state index contributed by atoms with van der Waals surface area (Å²) in [6.07, 6.45) is 0.153. The third-order valence-corrected chi connectivity index (χ3v) is 4.24. The minimum atomic E-state index is -0.486. The highest BCUT2D eigenvalue weighted by Gasteiger charge is 2.17. The Bertz CT molecular complexity index is 713. The van der Waals surface area contributed by atoms with Crippen molar-refractivity contribution in [2.45, 2.75) is 25.1 Å². The van der Waals surface area contributed by atoms with Gasteiger partial charge in [0.1, 0.15) is 0 Å². The smallest absolute Gasteiger partial charge is 0.0808 e.